The standard InChI is InChI=1S/C9H4N4O5S/c10-3-4-1-5-7(6(2-4)13(16)17)19-9(12(5)15)18-8(11)14/h1-2H,(H2,11,14). The monoisotopic (exact) mass is 280 g/mol. The molecule has 96 valence electrons. The average molecular weight is 280 g/mol. The maximum atomic E-state index is 11.8. The van der Waals surface area contributed by atoms with Crippen LogP contribution < -0.4 is 15.2 Å². The van der Waals surface area contributed by atoms with E-state index < -0.39 is 21.9 Å². The van der Waals surface area contributed by atoms with Crippen molar-refractivity contribution in [1.29, 1.82) is 5.26 Å². The van der Waals surface area contributed by atoms with Crippen LogP contribution in [0.5, 0.6) is 5.19 Å². The maximum absolute atomic E-state index is 11.8. The summed E-state index contributed by atoms with van der Waals surface area (Å²) < 4.78 is 4.62. The third kappa shape index (κ3) is 2.09. The summed E-state index contributed by atoms with van der Waals surface area (Å²) in [5.41, 5.74) is 4.18. The Labute approximate surface area is 108 Å². The number of hydrogen-bond donors (Lipinski definition) is 1. The highest BCUT2D eigenvalue weighted by molar-refractivity contribution is 7.20. The molecule has 1 aromatic heterocycles. The summed E-state index contributed by atoms with van der Waals surface area (Å²) in [7, 11) is 0. The fraction of sp³-hybridized carbons (Fsp3) is 0. The zero-order valence-corrected chi connectivity index (χ0v) is 9.84. The van der Waals surface area contributed by atoms with E-state index in [1.165, 1.54) is 6.07 Å². The highest BCUT2D eigenvalue weighted by Gasteiger charge is 2.27. The van der Waals surface area contributed by atoms with Gasteiger partial charge in [0.25, 0.3) is 5.69 Å². The first kappa shape index (κ1) is 12.5. The van der Waals surface area contributed by atoms with Crippen LogP contribution in [0.25, 0.3) is 10.2 Å². The van der Waals surface area contributed by atoms with E-state index in [-0.39, 0.29) is 20.5 Å². The molecule has 0 saturated carbocycles. The van der Waals surface area contributed by atoms with E-state index in [1.807, 2.05) is 0 Å². The Morgan fingerprint density at radius 3 is 2.79 bits per heavy atom. The molecule has 0 atom stereocenters. The van der Waals surface area contributed by atoms with Gasteiger partial charge in [0.05, 0.1) is 16.6 Å². The lowest BCUT2D eigenvalue weighted by Crippen LogP contribution is -2.30. The number of ether oxygens (including phenoxy) is 1. The number of aromatic nitrogens is 1. The minimum Gasteiger partial charge on any atom is -0.615 e. The molecule has 0 spiro atoms. The van der Waals surface area contributed by atoms with Gasteiger partial charge in [-0.25, -0.2) is 4.79 Å². The van der Waals surface area contributed by atoms with Gasteiger partial charge in [-0.1, -0.05) is 0 Å². The largest absolute Gasteiger partial charge is 0.615 e. The summed E-state index contributed by atoms with van der Waals surface area (Å²) >= 11 is 0.603. The van der Waals surface area contributed by atoms with Crippen molar-refractivity contribution in [3.8, 4) is 11.3 Å². The van der Waals surface area contributed by atoms with Crippen molar-refractivity contribution in [3.63, 3.8) is 0 Å². The molecule has 0 fully saturated rings. The Balaban J connectivity index is 2.78. The highest BCUT2D eigenvalue weighted by Crippen LogP contribution is 2.34. The van der Waals surface area contributed by atoms with Crippen molar-refractivity contribution in [2.75, 3.05) is 0 Å². The van der Waals surface area contributed by atoms with E-state index in [4.69, 9.17) is 11.0 Å². The predicted molar refractivity (Wildman–Crippen MR) is 62.4 cm³/mol. The van der Waals surface area contributed by atoms with E-state index in [0.717, 1.165) is 6.07 Å². The number of primary amides is 1. The number of amides is 1. The molecule has 0 aliphatic rings. The van der Waals surface area contributed by atoms with Crippen LogP contribution in [0, 0.1) is 26.7 Å². The SMILES string of the molecule is N#Cc1cc([N+](=O)[O-])c2sc(OC(N)=O)[n+]([O-])c2c1. The summed E-state index contributed by atoms with van der Waals surface area (Å²) in [5.74, 6) is 0. The lowest BCUT2D eigenvalue weighted by Gasteiger charge is -1.96. The van der Waals surface area contributed by atoms with Crippen LogP contribution in [-0.2, 0) is 0 Å². The van der Waals surface area contributed by atoms with Crippen molar-refractivity contribution < 1.29 is 19.2 Å². The molecule has 1 aromatic carbocycles. The normalized spacial score (nSPS) is 10.1. The molecule has 2 rings (SSSR count). The number of nitrogens with zero attached hydrogens (tertiary/aromatic N) is 3. The van der Waals surface area contributed by atoms with Crippen molar-refractivity contribution in [2.45, 2.75) is 0 Å². The number of carbonyl (C=O) groups is 1. The molecule has 0 aliphatic heterocycles. The van der Waals surface area contributed by atoms with E-state index >= 15 is 0 Å². The minimum absolute atomic E-state index is 0.00440. The van der Waals surface area contributed by atoms with Gasteiger partial charge < -0.3 is 15.7 Å². The molecule has 0 bridgehead atoms. The summed E-state index contributed by atoms with van der Waals surface area (Å²) in [5, 5.41) is 31.0. The van der Waals surface area contributed by atoms with Crippen LogP contribution in [0.3, 0.4) is 0 Å². The number of non-ortho nitro benzene ring substituents is 1. The predicted octanol–water partition coefficient (Wildman–Crippen LogP) is 0.772. The highest BCUT2D eigenvalue weighted by atomic mass is 32.1. The Morgan fingerprint density at radius 2 is 2.26 bits per heavy atom. The number of benzene rings is 1. The van der Waals surface area contributed by atoms with Gasteiger partial charge in [0.2, 0.25) is 5.52 Å². The average Bonchev–Trinajstić information content (AvgIpc) is 2.64. The van der Waals surface area contributed by atoms with Gasteiger partial charge in [0.1, 0.15) is 0 Å². The van der Waals surface area contributed by atoms with Crippen LogP contribution >= 0.6 is 11.3 Å². The third-order valence-electron chi connectivity index (χ3n) is 2.14. The van der Waals surface area contributed by atoms with Crippen LogP contribution in [-0.4, -0.2) is 11.0 Å². The minimum atomic E-state index is -1.21. The molecule has 9 nitrogen and oxygen atoms in total. The van der Waals surface area contributed by atoms with Crippen molar-refractivity contribution >= 4 is 33.3 Å². The van der Waals surface area contributed by atoms with Crippen molar-refractivity contribution in [2.24, 2.45) is 5.73 Å². The Bertz CT molecular complexity index is 747. The zero-order chi connectivity index (χ0) is 14.2. The van der Waals surface area contributed by atoms with E-state index in [9.17, 15) is 20.1 Å². The molecular formula is C9H4N4O5S. The molecule has 0 saturated heterocycles. The first-order valence-corrected chi connectivity index (χ1v) is 5.47. The van der Waals surface area contributed by atoms with E-state index in [1.54, 1.807) is 6.07 Å². The van der Waals surface area contributed by atoms with Gasteiger partial charge >= 0.3 is 11.3 Å². The van der Waals surface area contributed by atoms with Gasteiger partial charge in [0, 0.05) is 12.1 Å². The van der Waals surface area contributed by atoms with E-state index in [0.29, 0.717) is 11.3 Å². The lowest BCUT2D eigenvalue weighted by atomic mass is 10.2. The van der Waals surface area contributed by atoms with Gasteiger partial charge in [-0.05, 0) is 11.3 Å². The fourth-order valence-corrected chi connectivity index (χ4v) is 2.39. The fourth-order valence-electron chi connectivity index (χ4n) is 1.43. The Morgan fingerprint density at radius 1 is 1.58 bits per heavy atom. The van der Waals surface area contributed by atoms with Gasteiger partial charge in [-0.2, -0.15) is 5.26 Å². The van der Waals surface area contributed by atoms with Crippen LogP contribution in [0.15, 0.2) is 12.1 Å². The first-order chi connectivity index (χ1) is 8.93. The number of thiazole rings is 1. The summed E-state index contributed by atoms with van der Waals surface area (Å²) in [4.78, 5) is 20.8. The second-order valence-electron chi connectivity index (χ2n) is 3.30. The number of nitro benzene ring substituents is 1. The number of fused-ring (bicyclic) bond motifs is 1. The number of carbonyl (C=O) groups excluding carboxylic acids is 1. The lowest BCUT2D eigenvalue weighted by molar-refractivity contribution is -0.577. The van der Waals surface area contributed by atoms with Crippen molar-refractivity contribution in [3.05, 3.63) is 33.0 Å². The zero-order valence-electron chi connectivity index (χ0n) is 9.02. The molecule has 0 unspecified atom stereocenters. The van der Waals surface area contributed by atoms with Crippen molar-refractivity contribution in [1.82, 2.24) is 0 Å². The number of rotatable bonds is 2. The first-order valence-electron chi connectivity index (χ1n) is 4.66. The molecule has 1 amide bonds. The molecule has 0 aliphatic carbocycles. The molecule has 2 aromatic rings. The molecule has 2 N–H and O–H groups in total. The molecular weight excluding hydrogens is 276 g/mol. The summed E-state index contributed by atoms with van der Waals surface area (Å²) in [6, 6.07) is 3.91. The van der Waals surface area contributed by atoms with Crippen LogP contribution in [0.2, 0.25) is 0 Å². The third-order valence-corrected chi connectivity index (χ3v) is 3.18. The number of nitrogens with two attached hydrogens (primary N) is 1. The van der Waals surface area contributed by atoms with Gasteiger partial charge in [0.15, 0.2) is 4.70 Å². The quantitative estimate of drug-likeness (QED) is 0.372. The summed E-state index contributed by atoms with van der Waals surface area (Å²) in [6.07, 6.45) is -1.21. The van der Waals surface area contributed by atoms with E-state index in [2.05, 4.69) is 4.74 Å². The number of hydrogen-bond acceptors (Lipinski definition) is 7. The summed E-state index contributed by atoms with van der Waals surface area (Å²) in [6.45, 7) is 0. The molecule has 1 heterocycles. The molecule has 0 radical (unpaired) electrons. The second kappa shape index (κ2) is 4.39. The number of nitro groups is 1. The topological polar surface area (TPSA) is 146 Å². The second-order valence-corrected chi connectivity index (χ2v) is 4.26. The Kier molecular flexibility index (Phi) is 2.89. The maximum Gasteiger partial charge on any atom is 0.452 e. The smallest absolute Gasteiger partial charge is 0.452 e. The van der Waals surface area contributed by atoms with Crippen LogP contribution in [0.1, 0.15) is 5.56 Å². The van der Waals surface area contributed by atoms with Crippen LogP contribution in [0.4, 0.5) is 10.5 Å². The number of nitriles is 1. The van der Waals surface area contributed by atoms with Gasteiger partial charge in [-0.15, -0.1) is 4.73 Å². The molecule has 10 heteroatoms. The Hall–Kier alpha value is -2.93. The molecule has 19 heavy (non-hydrogen) atoms. The van der Waals surface area contributed by atoms with Gasteiger partial charge in [-0.3, -0.25) is 10.1 Å².